The smallest absolute Gasteiger partial charge is 0.310 e. The van der Waals surface area contributed by atoms with E-state index in [1.54, 1.807) is 0 Å². The van der Waals surface area contributed by atoms with Crippen LogP contribution in [0.2, 0.25) is 18.1 Å². The summed E-state index contributed by atoms with van der Waals surface area (Å²) in [5.74, 6) is -0.156. The summed E-state index contributed by atoms with van der Waals surface area (Å²) >= 11 is 0. The number of unbranched alkanes of at least 4 members (excludes halogenated alkanes) is 1. The second kappa shape index (κ2) is 8.49. The van der Waals surface area contributed by atoms with Gasteiger partial charge in [0.1, 0.15) is 0 Å². The quantitative estimate of drug-likeness (QED) is 0.399. The Hall–Kier alpha value is -1.13. The molecule has 0 aliphatic heterocycles. The Labute approximate surface area is 136 Å². The lowest BCUT2D eigenvalue weighted by Crippen LogP contribution is -2.41. The minimum atomic E-state index is -1.65. The molecule has 0 atom stereocenters. The number of benzene rings is 1. The van der Waals surface area contributed by atoms with Crippen LogP contribution in [0, 0.1) is 0 Å². The largest absolute Gasteiger partial charge is 0.465 e. The molecule has 0 unspecified atom stereocenters. The molecule has 0 heterocycles. The third kappa shape index (κ3) is 6.75. The number of esters is 1. The highest BCUT2D eigenvalue weighted by molar-refractivity contribution is 6.74. The Bertz CT molecular complexity index is 449. The van der Waals surface area contributed by atoms with Crippen LogP contribution in [-0.2, 0) is 20.4 Å². The molecule has 0 fully saturated rings. The molecule has 0 aliphatic rings. The van der Waals surface area contributed by atoms with Crippen LogP contribution in [0.15, 0.2) is 30.3 Å². The molecule has 0 saturated heterocycles. The minimum absolute atomic E-state index is 0.156. The summed E-state index contributed by atoms with van der Waals surface area (Å²) in [6.07, 6.45) is 2.14. The zero-order valence-electron chi connectivity index (χ0n) is 14.6. The molecule has 22 heavy (non-hydrogen) atoms. The second-order valence-corrected chi connectivity index (χ2v) is 12.0. The molecule has 1 rings (SSSR count). The van der Waals surface area contributed by atoms with Gasteiger partial charge in [-0.05, 0) is 36.5 Å². The summed E-state index contributed by atoms with van der Waals surface area (Å²) in [6, 6.07) is 9.68. The fourth-order valence-electron chi connectivity index (χ4n) is 1.75. The summed E-state index contributed by atoms with van der Waals surface area (Å²) in [5.41, 5.74) is 0.994. The molecule has 0 spiro atoms. The van der Waals surface area contributed by atoms with E-state index in [1.807, 2.05) is 30.3 Å². The van der Waals surface area contributed by atoms with Crippen molar-refractivity contribution in [3.8, 4) is 0 Å². The molecule has 0 bridgehead atoms. The van der Waals surface area contributed by atoms with Gasteiger partial charge in [-0.25, -0.2) is 0 Å². The molecule has 0 aliphatic carbocycles. The third-order valence-corrected chi connectivity index (χ3v) is 8.80. The predicted molar refractivity (Wildman–Crippen MR) is 93.5 cm³/mol. The van der Waals surface area contributed by atoms with Crippen molar-refractivity contribution in [2.24, 2.45) is 0 Å². The fourth-order valence-corrected chi connectivity index (χ4v) is 2.84. The summed E-state index contributed by atoms with van der Waals surface area (Å²) in [7, 11) is -1.65. The molecule has 0 aromatic heterocycles. The molecule has 124 valence electrons. The number of rotatable bonds is 8. The van der Waals surface area contributed by atoms with Crippen molar-refractivity contribution < 1.29 is 14.0 Å². The van der Waals surface area contributed by atoms with E-state index in [2.05, 4.69) is 33.9 Å². The lowest BCUT2D eigenvalue weighted by Gasteiger charge is -2.36. The van der Waals surface area contributed by atoms with Gasteiger partial charge in [0.25, 0.3) is 0 Å². The van der Waals surface area contributed by atoms with E-state index in [1.165, 1.54) is 0 Å². The zero-order valence-corrected chi connectivity index (χ0v) is 15.6. The predicted octanol–water partition coefficient (Wildman–Crippen LogP) is 4.57. The van der Waals surface area contributed by atoms with Crippen LogP contribution in [0.3, 0.4) is 0 Å². The van der Waals surface area contributed by atoms with Crippen LogP contribution in [0.25, 0.3) is 0 Å². The fraction of sp³-hybridized carbons (Fsp3) is 0.611. The molecule has 1 aromatic rings. The lowest BCUT2D eigenvalue weighted by molar-refractivity contribution is -0.143. The van der Waals surface area contributed by atoms with Crippen molar-refractivity contribution >= 4 is 14.3 Å². The number of hydrogen-bond acceptors (Lipinski definition) is 3. The maximum absolute atomic E-state index is 11.7. The van der Waals surface area contributed by atoms with Gasteiger partial charge in [0.2, 0.25) is 0 Å². The van der Waals surface area contributed by atoms with Crippen molar-refractivity contribution in [2.45, 2.75) is 58.2 Å². The Morgan fingerprint density at radius 1 is 1.05 bits per heavy atom. The normalized spacial score (nSPS) is 12.2. The summed E-state index contributed by atoms with van der Waals surface area (Å²) in [6.45, 7) is 12.5. The molecule has 0 radical (unpaired) electrons. The van der Waals surface area contributed by atoms with E-state index in [0.717, 1.165) is 25.0 Å². The molecule has 0 saturated carbocycles. The second-order valence-electron chi connectivity index (χ2n) is 7.20. The van der Waals surface area contributed by atoms with Gasteiger partial charge in [0, 0.05) is 6.61 Å². The Morgan fingerprint density at radius 2 is 1.64 bits per heavy atom. The van der Waals surface area contributed by atoms with E-state index in [-0.39, 0.29) is 11.0 Å². The monoisotopic (exact) mass is 322 g/mol. The number of hydrogen-bond donors (Lipinski definition) is 0. The van der Waals surface area contributed by atoms with Gasteiger partial charge in [-0.3, -0.25) is 4.79 Å². The van der Waals surface area contributed by atoms with Gasteiger partial charge in [0.05, 0.1) is 13.0 Å². The maximum atomic E-state index is 11.7. The van der Waals surface area contributed by atoms with Crippen LogP contribution in [-0.4, -0.2) is 27.5 Å². The summed E-state index contributed by atoms with van der Waals surface area (Å²) in [5, 5.41) is 0.245. The average Bonchev–Trinajstić information content (AvgIpc) is 2.42. The third-order valence-electron chi connectivity index (χ3n) is 4.26. The molecule has 1 aromatic carbocycles. The standard InChI is InChI=1S/C18H30O3Si/c1-18(2,3)22(4,5)21-14-10-9-13-20-17(19)15-16-11-7-6-8-12-16/h6-8,11-12H,9-10,13-15H2,1-5H3. The molecule has 4 heteroatoms. The zero-order chi connectivity index (χ0) is 16.6. The number of ether oxygens (including phenoxy) is 1. The van der Waals surface area contributed by atoms with Crippen LogP contribution < -0.4 is 0 Å². The van der Waals surface area contributed by atoms with Gasteiger partial charge in [-0.2, -0.15) is 0 Å². The Balaban J connectivity index is 2.12. The van der Waals surface area contributed by atoms with Crippen LogP contribution in [0.5, 0.6) is 0 Å². The number of carbonyl (C=O) groups excluding carboxylic acids is 1. The van der Waals surface area contributed by atoms with Crippen LogP contribution in [0.1, 0.15) is 39.2 Å². The van der Waals surface area contributed by atoms with E-state index >= 15 is 0 Å². The Morgan fingerprint density at radius 3 is 2.23 bits per heavy atom. The lowest BCUT2D eigenvalue weighted by atomic mass is 10.2. The highest BCUT2D eigenvalue weighted by atomic mass is 28.4. The average molecular weight is 323 g/mol. The van der Waals surface area contributed by atoms with E-state index in [0.29, 0.717) is 13.0 Å². The molecule has 3 nitrogen and oxygen atoms in total. The highest BCUT2D eigenvalue weighted by Gasteiger charge is 2.36. The molecule has 0 N–H and O–H groups in total. The minimum Gasteiger partial charge on any atom is -0.465 e. The van der Waals surface area contributed by atoms with Gasteiger partial charge in [-0.1, -0.05) is 51.1 Å². The summed E-state index contributed by atoms with van der Waals surface area (Å²) in [4.78, 5) is 11.7. The van der Waals surface area contributed by atoms with Crippen molar-refractivity contribution in [1.82, 2.24) is 0 Å². The molecular formula is C18H30O3Si. The molecule has 0 amide bonds. The van der Waals surface area contributed by atoms with Crippen molar-refractivity contribution in [1.29, 1.82) is 0 Å². The van der Waals surface area contributed by atoms with Crippen LogP contribution >= 0.6 is 0 Å². The van der Waals surface area contributed by atoms with E-state index in [9.17, 15) is 4.79 Å². The summed E-state index contributed by atoms with van der Waals surface area (Å²) < 4.78 is 11.4. The first-order chi connectivity index (χ1) is 10.2. The molecular weight excluding hydrogens is 292 g/mol. The van der Waals surface area contributed by atoms with Gasteiger partial charge >= 0.3 is 5.97 Å². The van der Waals surface area contributed by atoms with Gasteiger partial charge < -0.3 is 9.16 Å². The van der Waals surface area contributed by atoms with E-state index in [4.69, 9.17) is 9.16 Å². The first-order valence-electron chi connectivity index (χ1n) is 8.06. The van der Waals surface area contributed by atoms with E-state index < -0.39 is 8.32 Å². The van der Waals surface area contributed by atoms with Crippen molar-refractivity contribution in [2.75, 3.05) is 13.2 Å². The van der Waals surface area contributed by atoms with Gasteiger partial charge in [-0.15, -0.1) is 0 Å². The van der Waals surface area contributed by atoms with Gasteiger partial charge in [0.15, 0.2) is 8.32 Å². The SMILES string of the molecule is CC(C)(C)[Si](C)(C)OCCCCOC(=O)Cc1ccccc1. The maximum Gasteiger partial charge on any atom is 0.310 e. The first-order valence-corrected chi connectivity index (χ1v) is 11.0. The van der Waals surface area contributed by atoms with Crippen molar-refractivity contribution in [3.63, 3.8) is 0 Å². The Kier molecular flexibility index (Phi) is 7.30. The van der Waals surface area contributed by atoms with Crippen LogP contribution in [0.4, 0.5) is 0 Å². The highest BCUT2D eigenvalue weighted by Crippen LogP contribution is 2.36. The first kappa shape index (κ1) is 18.9. The number of carbonyl (C=O) groups is 1. The van der Waals surface area contributed by atoms with Crippen molar-refractivity contribution in [3.05, 3.63) is 35.9 Å². The topological polar surface area (TPSA) is 35.5 Å².